The monoisotopic (exact) mass is 280 g/mol. The summed E-state index contributed by atoms with van der Waals surface area (Å²) < 4.78 is 5.60. The van der Waals surface area contributed by atoms with Crippen LogP contribution in [0.25, 0.3) is 0 Å². The number of hydrogen-bond acceptors (Lipinski definition) is 3. The molecule has 4 nitrogen and oxygen atoms in total. The van der Waals surface area contributed by atoms with Crippen molar-refractivity contribution in [2.75, 3.05) is 6.61 Å². The third kappa shape index (κ3) is 9.57. The number of carbonyl (C=O) groups is 1. The summed E-state index contributed by atoms with van der Waals surface area (Å²) in [4.78, 5) is 11.6. The van der Waals surface area contributed by atoms with Crippen molar-refractivity contribution in [1.29, 1.82) is 5.26 Å². The number of hydrogen-bond donors (Lipinski definition) is 1. The average molecular weight is 280 g/mol. The molecule has 1 N–H and O–H groups in total. The number of nitrogens with zero attached hydrogens (tertiary/aromatic N) is 1. The summed E-state index contributed by atoms with van der Waals surface area (Å²) in [5.41, 5.74) is -0.0713. The van der Waals surface area contributed by atoms with Crippen LogP contribution in [0.1, 0.15) is 65.2 Å². The molecule has 0 aliphatic carbocycles. The highest BCUT2D eigenvalue weighted by atomic mass is 16.5. The second kappa shape index (κ2) is 12.7. The number of rotatable bonds is 12. The van der Waals surface area contributed by atoms with Gasteiger partial charge in [0.15, 0.2) is 0 Å². The minimum atomic E-state index is -0.431. The molecule has 0 fully saturated rings. The molecule has 0 saturated carbocycles. The first-order valence-corrected chi connectivity index (χ1v) is 7.67. The highest BCUT2D eigenvalue weighted by Crippen LogP contribution is 2.10. The molecule has 0 aliphatic rings. The average Bonchev–Trinajstić information content (AvgIpc) is 2.46. The molecule has 0 spiro atoms. The normalized spacial score (nSPS) is 11.7. The topological polar surface area (TPSA) is 62.1 Å². The lowest BCUT2D eigenvalue weighted by molar-refractivity contribution is -0.121. The zero-order valence-corrected chi connectivity index (χ0v) is 12.9. The first-order valence-electron chi connectivity index (χ1n) is 7.67. The third-order valence-electron chi connectivity index (χ3n) is 3.04. The molecular weight excluding hydrogens is 252 g/mol. The van der Waals surface area contributed by atoms with E-state index in [9.17, 15) is 4.79 Å². The van der Waals surface area contributed by atoms with E-state index in [1.807, 2.05) is 6.92 Å². The Bertz CT molecular complexity index is 321. The molecule has 4 heteroatoms. The molecule has 0 rings (SSSR count). The lowest BCUT2D eigenvalue weighted by Crippen LogP contribution is -2.37. The van der Waals surface area contributed by atoms with E-state index < -0.39 is 5.91 Å². The van der Waals surface area contributed by atoms with Crippen molar-refractivity contribution in [3.05, 3.63) is 12.2 Å². The number of ether oxygens (including phenoxy) is 1. The van der Waals surface area contributed by atoms with Gasteiger partial charge in [0.25, 0.3) is 5.91 Å². The molecule has 0 aromatic heterocycles. The predicted octanol–water partition coefficient (Wildman–Crippen LogP) is 3.69. The van der Waals surface area contributed by atoms with Gasteiger partial charge in [-0.3, -0.25) is 4.79 Å². The summed E-state index contributed by atoms with van der Waals surface area (Å²) in [7, 11) is 0. The van der Waals surface area contributed by atoms with Crippen LogP contribution in [0.2, 0.25) is 0 Å². The van der Waals surface area contributed by atoms with Crippen LogP contribution in [-0.4, -0.2) is 18.7 Å². The number of unbranched alkanes of at least 4 members (excludes halogenated alkanes) is 5. The van der Waals surface area contributed by atoms with Gasteiger partial charge in [-0.2, -0.15) is 5.26 Å². The Balaban J connectivity index is 3.99. The van der Waals surface area contributed by atoms with Gasteiger partial charge in [0, 0.05) is 6.61 Å². The van der Waals surface area contributed by atoms with E-state index in [-0.39, 0.29) is 11.8 Å². The molecule has 0 aromatic carbocycles. The Kier molecular flexibility index (Phi) is 11.8. The first-order chi connectivity index (χ1) is 9.65. The molecule has 0 radical (unpaired) electrons. The summed E-state index contributed by atoms with van der Waals surface area (Å²) in [6, 6.07) is 1.75. The van der Waals surface area contributed by atoms with E-state index in [0.717, 1.165) is 25.7 Å². The van der Waals surface area contributed by atoms with E-state index in [4.69, 9.17) is 10.00 Å². The highest BCUT2D eigenvalue weighted by Gasteiger charge is 2.14. The largest absolute Gasteiger partial charge is 0.359 e. The SMILES string of the molecule is C=C(C#N)C(=O)NC(CCCCCCCC)OCCC. The Morgan fingerprint density at radius 1 is 1.20 bits per heavy atom. The van der Waals surface area contributed by atoms with Crippen molar-refractivity contribution in [1.82, 2.24) is 5.32 Å². The van der Waals surface area contributed by atoms with Crippen LogP contribution in [0.15, 0.2) is 12.2 Å². The quantitative estimate of drug-likeness (QED) is 0.257. The molecule has 1 amide bonds. The summed E-state index contributed by atoms with van der Waals surface area (Å²) >= 11 is 0. The second-order valence-corrected chi connectivity index (χ2v) is 4.98. The van der Waals surface area contributed by atoms with Gasteiger partial charge in [-0.25, -0.2) is 0 Å². The van der Waals surface area contributed by atoms with Gasteiger partial charge >= 0.3 is 0 Å². The van der Waals surface area contributed by atoms with E-state index in [2.05, 4.69) is 18.8 Å². The van der Waals surface area contributed by atoms with Gasteiger partial charge in [-0.05, 0) is 19.3 Å². The van der Waals surface area contributed by atoms with Crippen LogP contribution >= 0.6 is 0 Å². The first kappa shape index (κ1) is 18.7. The summed E-state index contributed by atoms with van der Waals surface area (Å²) in [6.07, 6.45) is 8.60. The van der Waals surface area contributed by atoms with Crippen molar-refractivity contribution in [3.8, 4) is 6.07 Å². The van der Waals surface area contributed by atoms with Gasteiger partial charge in [0.05, 0.1) is 0 Å². The molecule has 1 unspecified atom stereocenters. The fraction of sp³-hybridized carbons (Fsp3) is 0.750. The maximum Gasteiger partial charge on any atom is 0.263 e. The molecule has 0 saturated heterocycles. The van der Waals surface area contributed by atoms with Crippen LogP contribution in [0.4, 0.5) is 0 Å². The molecule has 0 bridgehead atoms. The predicted molar refractivity (Wildman–Crippen MR) is 80.9 cm³/mol. The molecule has 0 aliphatic heterocycles. The zero-order chi connectivity index (χ0) is 15.2. The molecule has 1 atom stereocenters. The van der Waals surface area contributed by atoms with Crippen molar-refractivity contribution in [2.45, 2.75) is 71.4 Å². The van der Waals surface area contributed by atoms with Crippen molar-refractivity contribution in [3.63, 3.8) is 0 Å². The fourth-order valence-electron chi connectivity index (χ4n) is 1.85. The smallest absolute Gasteiger partial charge is 0.263 e. The van der Waals surface area contributed by atoms with Crippen molar-refractivity contribution in [2.24, 2.45) is 0 Å². The third-order valence-corrected chi connectivity index (χ3v) is 3.04. The molecule has 114 valence electrons. The van der Waals surface area contributed by atoms with Gasteiger partial charge in [0.1, 0.15) is 17.9 Å². The van der Waals surface area contributed by atoms with Crippen LogP contribution in [0.3, 0.4) is 0 Å². The minimum absolute atomic E-state index is 0.0713. The van der Waals surface area contributed by atoms with Gasteiger partial charge in [-0.15, -0.1) is 0 Å². The van der Waals surface area contributed by atoms with Crippen LogP contribution in [-0.2, 0) is 9.53 Å². The Labute approximate surface area is 123 Å². The molecular formula is C16H28N2O2. The van der Waals surface area contributed by atoms with Gasteiger partial charge < -0.3 is 10.1 Å². The Morgan fingerprint density at radius 3 is 2.45 bits per heavy atom. The van der Waals surface area contributed by atoms with E-state index in [1.54, 1.807) is 6.07 Å². The summed E-state index contributed by atoms with van der Waals surface area (Å²) in [6.45, 7) is 8.25. The lowest BCUT2D eigenvalue weighted by Gasteiger charge is -2.18. The van der Waals surface area contributed by atoms with Crippen LogP contribution < -0.4 is 5.32 Å². The summed E-state index contributed by atoms with van der Waals surface area (Å²) in [5.74, 6) is -0.431. The van der Waals surface area contributed by atoms with Gasteiger partial charge in [-0.1, -0.05) is 52.5 Å². The molecule has 20 heavy (non-hydrogen) atoms. The fourth-order valence-corrected chi connectivity index (χ4v) is 1.85. The maximum atomic E-state index is 11.6. The second-order valence-electron chi connectivity index (χ2n) is 4.98. The Morgan fingerprint density at radius 2 is 1.85 bits per heavy atom. The highest BCUT2D eigenvalue weighted by molar-refractivity contribution is 5.96. The van der Waals surface area contributed by atoms with Crippen molar-refractivity contribution >= 4 is 5.91 Å². The van der Waals surface area contributed by atoms with E-state index >= 15 is 0 Å². The lowest BCUT2D eigenvalue weighted by atomic mass is 10.1. The minimum Gasteiger partial charge on any atom is -0.359 e. The maximum absolute atomic E-state index is 11.6. The number of carbonyl (C=O) groups excluding carboxylic acids is 1. The Hall–Kier alpha value is -1.34. The molecule has 0 heterocycles. The van der Waals surface area contributed by atoms with E-state index in [0.29, 0.717) is 6.61 Å². The van der Waals surface area contributed by atoms with Crippen molar-refractivity contribution < 1.29 is 9.53 Å². The van der Waals surface area contributed by atoms with Gasteiger partial charge in [0.2, 0.25) is 0 Å². The zero-order valence-electron chi connectivity index (χ0n) is 12.9. The van der Waals surface area contributed by atoms with E-state index in [1.165, 1.54) is 25.7 Å². The number of nitriles is 1. The van der Waals surface area contributed by atoms with Crippen LogP contribution in [0.5, 0.6) is 0 Å². The molecule has 0 aromatic rings. The summed E-state index contributed by atoms with van der Waals surface area (Å²) in [5, 5.41) is 11.4. The standard InChI is InChI=1S/C16H28N2O2/c1-4-6-7-8-9-10-11-15(20-12-5-2)18-16(19)14(3)13-17/h15H,3-12H2,1-2H3,(H,18,19). The number of nitrogens with one attached hydrogen (secondary N) is 1. The van der Waals surface area contributed by atoms with Crippen LogP contribution in [0, 0.1) is 11.3 Å². The number of amides is 1.